The van der Waals surface area contributed by atoms with E-state index in [0.717, 1.165) is 27.6 Å². The van der Waals surface area contributed by atoms with E-state index in [2.05, 4.69) is 21.7 Å². The summed E-state index contributed by atoms with van der Waals surface area (Å²) in [6.45, 7) is 0.393. The van der Waals surface area contributed by atoms with Crippen molar-refractivity contribution >= 4 is 40.4 Å². The van der Waals surface area contributed by atoms with Gasteiger partial charge in [0.2, 0.25) is 5.91 Å². The van der Waals surface area contributed by atoms with Crippen LogP contribution in [0.4, 0.5) is 0 Å². The van der Waals surface area contributed by atoms with Crippen LogP contribution in [0, 0.1) is 0 Å². The molecule has 4 aromatic rings. The van der Waals surface area contributed by atoms with Crippen LogP contribution in [0.5, 0.6) is 0 Å². The van der Waals surface area contributed by atoms with Gasteiger partial charge in [-0.05, 0) is 47.0 Å². The van der Waals surface area contributed by atoms with Crippen molar-refractivity contribution in [2.45, 2.75) is 5.92 Å². The molecule has 0 bridgehead atoms. The second-order valence-electron chi connectivity index (χ2n) is 7.64. The number of fused-ring (bicyclic) bond motifs is 1. The first-order chi connectivity index (χ1) is 16.1. The number of nitrogens with one attached hydrogen (secondary N) is 3. The molecule has 0 saturated carbocycles. The van der Waals surface area contributed by atoms with E-state index < -0.39 is 0 Å². The van der Waals surface area contributed by atoms with Gasteiger partial charge in [0.15, 0.2) is 0 Å². The fourth-order valence-corrected chi connectivity index (χ4v) is 4.12. The Labute approximate surface area is 197 Å². The number of hydrogen-bond donors (Lipinski definition) is 3. The smallest absolute Gasteiger partial charge is 0.251 e. The van der Waals surface area contributed by atoms with Crippen LogP contribution >= 0.6 is 11.6 Å². The molecular formula is C27H24ClN3O2. The Morgan fingerprint density at radius 2 is 1.70 bits per heavy atom. The largest absolute Gasteiger partial charge is 0.361 e. The molecule has 1 atom stereocenters. The number of H-pyrrole nitrogens is 1. The molecule has 166 valence electrons. The third-order valence-corrected chi connectivity index (χ3v) is 5.93. The topological polar surface area (TPSA) is 74.0 Å². The summed E-state index contributed by atoms with van der Waals surface area (Å²) in [5.74, 6) is -0.465. The normalized spacial score (nSPS) is 12.1. The van der Waals surface area contributed by atoms with Crippen LogP contribution in [0.15, 0.2) is 85.1 Å². The van der Waals surface area contributed by atoms with E-state index in [-0.39, 0.29) is 17.7 Å². The summed E-state index contributed by atoms with van der Waals surface area (Å²) in [6, 6.07) is 22.8. The maximum atomic E-state index is 12.6. The summed E-state index contributed by atoms with van der Waals surface area (Å²) in [7, 11) is 1.59. The Hall–Kier alpha value is -3.83. The third-order valence-electron chi connectivity index (χ3n) is 5.58. The van der Waals surface area contributed by atoms with Crippen LogP contribution in [0.2, 0.25) is 5.02 Å². The molecule has 0 saturated heterocycles. The molecule has 0 fully saturated rings. The molecule has 0 aliphatic rings. The first-order valence-electron chi connectivity index (χ1n) is 10.7. The van der Waals surface area contributed by atoms with Gasteiger partial charge < -0.3 is 15.6 Å². The van der Waals surface area contributed by atoms with Gasteiger partial charge in [0, 0.05) is 53.3 Å². The lowest BCUT2D eigenvalue weighted by Gasteiger charge is -2.19. The van der Waals surface area contributed by atoms with Gasteiger partial charge in [-0.3, -0.25) is 9.59 Å². The molecule has 2 amide bonds. The highest BCUT2D eigenvalue weighted by molar-refractivity contribution is 6.31. The fraction of sp³-hybridized carbons (Fsp3) is 0.111. The van der Waals surface area contributed by atoms with E-state index in [4.69, 9.17) is 11.6 Å². The number of carbonyl (C=O) groups excluding carboxylic acids is 2. The molecule has 33 heavy (non-hydrogen) atoms. The van der Waals surface area contributed by atoms with Crippen molar-refractivity contribution in [3.8, 4) is 0 Å². The average molecular weight is 458 g/mol. The summed E-state index contributed by atoms with van der Waals surface area (Å²) in [5, 5.41) is 7.35. The Balaban J connectivity index is 1.51. The van der Waals surface area contributed by atoms with Crippen LogP contribution < -0.4 is 10.6 Å². The molecule has 3 N–H and O–H groups in total. The van der Waals surface area contributed by atoms with Crippen molar-refractivity contribution in [3.63, 3.8) is 0 Å². The molecule has 6 heteroatoms. The van der Waals surface area contributed by atoms with Crippen LogP contribution in [-0.4, -0.2) is 30.4 Å². The standard InChI is InChI=1S/C27H24ClN3O2/c1-29-27(33)19-13-10-18(11-14-19)12-15-26(32)31-17-22(20-6-2-4-8-24(20)28)23-16-30-25-9-5-3-7-21(23)25/h2-16,22,30H,17H2,1H3,(H,29,33)(H,31,32). The molecule has 1 unspecified atom stereocenters. The number of rotatable bonds is 7. The second-order valence-corrected chi connectivity index (χ2v) is 8.05. The number of amides is 2. The Morgan fingerprint density at radius 3 is 2.45 bits per heavy atom. The summed E-state index contributed by atoms with van der Waals surface area (Å²) >= 11 is 6.52. The van der Waals surface area contributed by atoms with Crippen LogP contribution in [0.25, 0.3) is 17.0 Å². The molecule has 1 heterocycles. The zero-order valence-corrected chi connectivity index (χ0v) is 18.9. The lowest BCUT2D eigenvalue weighted by Crippen LogP contribution is -2.27. The molecule has 0 aliphatic heterocycles. The first-order valence-corrected chi connectivity index (χ1v) is 11.0. The lowest BCUT2D eigenvalue weighted by molar-refractivity contribution is -0.116. The SMILES string of the molecule is CNC(=O)c1ccc(C=CC(=O)NCC(c2ccccc2Cl)c2c[nH]c3ccccc23)cc1. The maximum absolute atomic E-state index is 12.6. The van der Waals surface area contributed by atoms with E-state index in [0.29, 0.717) is 17.1 Å². The van der Waals surface area contributed by atoms with Crippen LogP contribution in [0.3, 0.4) is 0 Å². The molecule has 0 radical (unpaired) electrons. The first kappa shape index (κ1) is 22.4. The van der Waals surface area contributed by atoms with Crippen molar-refractivity contribution in [2.75, 3.05) is 13.6 Å². The minimum atomic E-state index is -0.206. The molecule has 1 aromatic heterocycles. The number of carbonyl (C=O) groups is 2. The number of aromatic amines is 1. The van der Waals surface area contributed by atoms with Crippen molar-refractivity contribution in [1.29, 1.82) is 0 Å². The molecule has 4 rings (SSSR count). The minimum Gasteiger partial charge on any atom is -0.361 e. The van der Waals surface area contributed by atoms with E-state index in [1.165, 1.54) is 6.08 Å². The van der Waals surface area contributed by atoms with Crippen LogP contribution in [-0.2, 0) is 4.79 Å². The number of halogens is 1. The second kappa shape index (κ2) is 10.2. The van der Waals surface area contributed by atoms with Gasteiger partial charge in [0.25, 0.3) is 5.91 Å². The zero-order chi connectivity index (χ0) is 23.2. The number of benzene rings is 3. The predicted molar refractivity (Wildman–Crippen MR) is 133 cm³/mol. The predicted octanol–water partition coefficient (Wildman–Crippen LogP) is 5.14. The van der Waals surface area contributed by atoms with Gasteiger partial charge >= 0.3 is 0 Å². The average Bonchev–Trinajstić information content (AvgIpc) is 3.28. The molecule has 5 nitrogen and oxygen atoms in total. The van der Waals surface area contributed by atoms with Gasteiger partial charge in [-0.25, -0.2) is 0 Å². The van der Waals surface area contributed by atoms with E-state index in [9.17, 15) is 9.59 Å². The molecule has 0 aliphatic carbocycles. The van der Waals surface area contributed by atoms with Gasteiger partial charge in [-0.1, -0.05) is 60.1 Å². The Kier molecular flexibility index (Phi) is 6.91. The van der Waals surface area contributed by atoms with Crippen molar-refractivity contribution < 1.29 is 9.59 Å². The Morgan fingerprint density at radius 1 is 0.970 bits per heavy atom. The third kappa shape index (κ3) is 5.16. The lowest BCUT2D eigenvalue weighted by atomic mass is 9.90. The van der Waals surface area contributed by atoms with Crippen molar-refractivity contribution in [1.82, 2.24) is 15.6 Å². The number of aromatic nitrogens is 1. The minimum absolute atomic E-state index is 0.112. The highest BCUT2D eigenvalue weighted by Crippen LogP contribution is 2.34. The van der Waals surface area contributed by atoms with Gasteiger partial charge in [0.05, 0.1) is 0 Å². The van der Waals surface area contributed by atoms with E-state index in [1.54, 1.807) is 37.4 Å². The van der Waals surface area contributed by atoms with E-state index >= 15 is 0 Å². The number of para-hydroxylation sites is 1. The van der Waals surface area contributed by atoms with E-state index in [1.807, 2.05) is 48.7 Å². The molecule has 3 aromatic carbocycles. The highest BCUT2D eigenvalue weighted by atomic mass is 35.5. The maximum Gasteiger partial charge on any atom is 0.251 e. The van der Waals surface area contributed by atoms with Crippen molar-refractivity contribution in [2.24, 2.45) is 0 Å². The quantitative estimate of drug-likeness (QED) is 0.336. The molecular weight excluding hydrogens is 434 g/mol. The molecule has 0 spiro atoms. The fourth-order valence-electron chi connectivity index (χ4n) is 3.85. The van der Waals surface area contributed by atoms with Crippen LogP contribution in [0.1, 0.15) is 33.0 Å². The summed E-state index contributed by atoms with van der Waals surface area (Å²) < 4.78 is 0. The van der Waals surface area contributed by atoms with Gasteiger partial charge in [-0.2, -0.15) is 0 Å². The summed E-state index contributed by atoms with van der Waals surface area (Å²) in [5.41, 5.74) is 4.47. The van der Waals surface area contributed by atoms with Gasteiger partial charge in [-0.15, -0.1) is 0 Å². The monoisotopic (exact) mass is 457 g/mol. The zero-order valence-electron chi connectivity index (χ0n) is 18.1. The highest BCUT2D eigenvalue weighted by Gasteiger charge is 2.20. The summed E-state index contributed by atoms with van der Waals surface area (Å²) in [4.78, 5) is 27.6. The number of hydrogen-bond acceptors (Lipinski definition) is 2. The summed E-state index contributed by atoms with van der Waals surface area (Å²) in [6.07, 6.45) is 5.20. The van der Waals surface area contributed by atoms with Crippen molar-refractivity contribution in [3.05, 3.63) is 112 Å². The van der Waals surface area contributed by atoms with Gasteiger partial charge in [0.1, 0.15) is 0 Å². The Bertz CT molecular complexity index is 1310.